The number of hydrogen-bond donors (Lipinski definition) is 0. The molecule has 0 aromatic heterocycles. The van der Waals surface area contributed by atoms with Gasteiger partial charge in [0, 0.05) is 0 Å². The second kappa shape index (κ2) is 12.9. The van der Waals surface area contributed by atoms with Crippen LogP contribution < -0.4 is 24.8 Å². The third kappa shape index (κ3) is 5.74. The van der Waals surface area contributed by atoms with Crippen LogP contribution in [-0.2, 0) is 19.2 Å². The van der Waals surface area contributed by atoms with Crippen molar-refractivity contribution in [2.45, 2.75) is 42.1 Å². The van der Waals surface area contributed by atoms with E-state index in [4.69, 9.17) is 0 Å². The summed E-state index contributed by atoms with van der Waals surface area (Å²) in [5.74, 6) is 0. The Balaban J connectivity index is 0.00000171. The fraction of sp³-hybridized carbons (Fsp3) is 0.290. The topological polar surface area (TPSA) is 0 Å². The fourth-order valence-corrected chi connectivity index (χ4v) is 12.1. The van der Waals surface area contributed by atoms with Crippen LogP contribution in [0.5, 0.6) is 0 Å². The molecule has 35 heavy (non-hydrogen) atoms. The Morgan fingerprint density at radius 3 is 2.09 bits per heavy atom. The Morgan fingerprint density at radius 1 is 0.714 bits per heavy atom. The van der Waals surface area contributed by atoms with Crippen molar-refractivity contribution in [1.29, 1.82) is 0 Å². The number of benzene rings is 3. The number of fused-ring (bicyclic) bond motifs is 2. The van der Waals surface area contributed by atoms with Gasteiger partial charge in [-0.1, -0.05) is 0 Å². The van der Waals surface area contributed by atoms with Crippen molar-refractivity contribution in [1.82, 2.24) is 0 Å². The minimum atomic E-state index is -0.277. The number of allylic oxidation sites excluding steroid dienone is 2. The maximum Gasteiger partial charge on any atom is -1.00 e. The van der Waals surface area contributed by atoms with Gasteiger partial charge < -0.3 is 24.8 Å². The zero-order valence-electron chi connectivity index (χ0n) is 20.8. The van der Waals surface area contributed by atoms with E-state index < -0.39 is 0 Å². The Hall–Kier alpha value is -1.14. The molecule has 2 atom stereocenters. The summed E-state index contributed by atoms with van der Waals surface area (Å²) >= 11 is -0.277. The molecule has 2 unspecified atom stereocenters. The average Bonchev–Trinajstić information content (AvgIpc) is 3.37. The summed E-state index contributed by atoms with van der Waals surface area (Å²) in [7, 11) is -0.0189. The van der Waals surface area contributed by atoms with Crippen molar-refractivity contribution in [3.63, 3.8) is 0 Å². The number of rotatable bonds is 8. The minimum absolute atomic E-state index is 0. The first-order chi connectivity index (χ1) is 16.2. The molecule has 0 amide bonds. The standard InChI is InChI=1S/C16H13.C15H20P.2ClH.Ti/c1-12-10-14-8-5-9-15(16(14)11-12)13-6-3-2-4-7-13;1-3-9-16(10-4-2)15-11-13-7-5-6-8-14(13)12-15;;;/h2-11H,1H3;5-8,11-12H,3-4,9-10H2,1-2H3;2*1H;/q;;;;+2/p-2. The summed E-state index contributed by atoms with van der Waals surface area (Å²) in [6, 6.07) is 27.2. The molecule has 0 bridgehead atoms. The van der Waals surface area contributed by atoms with E-state index in [-0.39, 0.29) is 51.9 Å². The molecule has 4 heteroatoms. The van der Waals surface area contributed by atoms with Crippen molar-refractivity contribution in [3.05, 3.63) is 106 Å². The zero-order valence-corrected chi connectivity index (χ0v) is 24.7. The van der Waals surface area contributed by atoms with Gasteiger partial charge in [-0.05, 0) is 0 Å². The van der Waals surface area contributed by atoms with Gasteiger partial charge in [-0.25, -0.2) is 0 Å². The van der Waals surface area contributed by atoms with Gasteiger partial charge in [0.1, 0.15) is 0 Å². The van der Waals surface area contributed by atoms with Crippen LogP contribution in [0.4, 0.5) is 0 Å². The van der Waals surface area contributed by atoms with E-state index in [0.29, 0.717) is 8.45 Å². The summed E-state index contributed by atoms with van der Waals surface area (Å²) < 4.78 is 1.31. The molecule has 180 valence electrons. The minimum Gasteiger partial charge on any atom is -1.00 e. The SMILES string of the molecule is CCCP(CCC)C1=Cc2ccccc2[CH]1[Ti+2][CH]1C(C)=Cc2c(-c3ccccc3)cccc21.[Cl-].[Cl-]. The molecule has 0 radical (unpaired) electrons. The van der Waals surface area contributed by atoms with Gasteiger partial charge in [-0.2, -0.15) is 0 Å². The van der Waals surface area contributed by atoms with Gasteiger partial charge >= 0.3 is 211 Å². The molecule has 0 heterocycles. The van der Waals surface area contributed by atoms with Crippen LogP contribution in [-0.4, -0.2) is 12.3 Å². The molecule has 5 rings (SSSR count). The van der Waals surface area contributed by atoms with E-state index >= 15 is 0 Å². The molecule has 0 N–H and O–H groups in total. The largest absolute Gasteiger partial charge is 1.00 e. The van der Waals surface area contributed by atoms with E-state index in [2.05, 4.69) is 106 Å². The van der Waals surface area contributed by atoms with Gasteiger partial charge in [0.2, 0.25) is 0 Å². The molecule has 0 nitrogen and oxygen atoms in total. The van der Waals surface area contributed by atoms with E-state index in [1.54, 1.807) is 16.7 Å². The van der Waals surface area contributed by atoms with E-state index in [1.807, 2.05) is 5.31 Å². The van der Waals surface area contributed by atoms with E-state index in [0.717, 1.165) is 0 Å². The molecule has 0 saturated heterocycles. The van der Waals surface area contributed by atoms with Crippen LogP contribution in [0.3, 0.4) is 0 Å². The maximum atomic E-state index is 2.61. The Morgan fingerprint density at radius 2 is 1.37 bits per heavy atom. The molecular formula is C31H33Cl2PTi. The Kier molecular flexibility index (Phi) is 10.5. The Labute approximate surface area is 234 Å². The normalized spacial score (nSPS) is 17.5. The Bertz CT molecular complexity index is 1200. The number of hydrogen-bond acceptors (Lipinski definition) is 0. The molecule has 0 saturated carbocycles. The summed E-state index contributed by atoms with van der Waals surface area (Å²) in [4.78, 5) is 0. The van der Waals surface area contributed by atoms with Crippen LogP contribution in [0.25, 0.3) is 23.3 Å². The molecule has 0 spiro atoms. The van der Waals surface area contributed by atoms with Gasteiger partial charge in [-0.15, -0.1) is 0 Å². The van der Waals surface area contributed by atoms with Crippen LogP contribution >= 0.6 is 7.92 Å². The monoisotopic (exact) mass is 554 g/mol. The molecule has 2 aliphatic rings. The predicted molar refractivity (Wildman–Crippen MR) is 143 cm³/mol. The van der Waals surface area contributed by atoms with E-state index in [9.17, 15) is 0 Å². The molecule has 2 aliphatic carbocycles. The molecule has 3 aromatic carbocycles. The van der Waals surface area contributed by atoms with Gasteiger partial charge in [-0.3, -0.25) is 0 Å². The average molecular weight is 555 g/mol. The fourth-order valence-electron chi connectivity index (χ4n) is 5.48. The van der Waals surface area contributed by atoms with Gasteiger partial charge in [0.25, 0.3) is 0 Å². The predicted octanol–water partition coefficient (Wildman–Crippen LogP) is 3.30. The van der Waals surface area contributed by atoms with Gasteiger partial charge in [0.15, 0.2) is 0 Å². The first-order valence-electron chi connectivity index (χ1n) is 12.4. The summed E-state index contributed by atoms with van der Waals surface area (Å²) in [5, 5.41) is 1.82. The second-order valence-electron chi connectivity index (χ2n) is 9.28. The van der Waals surface area contributed by atoms with Crippen LogP contribution in [0.15, 0.2) is 83.7 Å². The molecular weight excluding hydrogens is 522 g/mol. The molecule has 0 aliphatic heterocycles. The van der Waals surface area contributed by atoms with Crippen molar-refractivity contribution >= 4 is 20.1 Å². The van der Waals surface area contributed by atoms with Gasteiger partial charge in [0.05, 0.1) is 0 Å². The van der Waals surface area contributed by atoms with Crippen LogP contribution in [0.2, 0.25) is 0 Å². The maximum absolute atomic E-state index is 2.61. The molecule has 0 fully saturated rings. The van der Waals surface area contributed by atoms with Crippen molar-refractivity contribution < 1.29 is 44.0 Å². The van der Waals surface area contributed by atoms with E-state index in [1.165, 1.54) is 47.4 Å². The third-order valence-corrected chi connectivity index (χ3v) is 13.6. The summed E-state index contributed by atoms with van der Waals surface area (Å²) in [5.41, 5.74) is 10.5. The first kappa shape index (κ1) is 28.4. The smallest absolute Gasteiger partial charge is 1.00 e. The number of halogens is 2. The second-order valence-corrected chi connectivity index (χ2v) is 14.1. The third-order valence-electron chi connectivity index (χ3n) is 6.95. The van der Waals surface area contributed by atoms with Crippen molar-refractivity contribution in [2.75, 3.05) is 12.3 Å². The summed E-state index contributed by atoms with van der Waals surface area (Å²) in [6.45, 7) is 7.11. The molecule has 3 aromatic rings. The zero-order chi connectivity index (χ0) is 22.8. The quantitative estimate of drug-likeness (QED) is 0.296. The van der Waals surface area contributed by atoms with Crippen molar-refractivity contribution in [3.8, 4) is 11.1 Å². The van der Waals surface area contributed by atoms with Crippen LogP contribution in [0, 0.1) is 0 Å². The van der Waals surface area contributed by atoms with Crippen LogP contribution in [0.1, 0.15) is 64.3 Å². The van der Waals surface area contributed by atoms with Crippen molar-refractivity contribution in [2.24, 2.45) is 0 Å². The summed E-state index contributed by atoms with van der Waals surface area (Å²) in [6.07, 6.45) is 10.5. The first-order valence-corrected chi connectivity index (χ1v) is 15.9.